The van der Waals surface area contributed by atoms with Gasteiger partial charge in [-0.25, -0.2) is 4.98 Å². The van der Waals surface area contributed by atoms with Crippen LogP contribution in [-0.4, -0.2) is 61.1 Å². The predicted octanol–water partition coefficient (Wildman–Crippen LogP) is 2.04. The molecule has 0 aliphatic carbocycles. The van der Waals surface area contributed by atoms with Crippen LogP contribution >= 0.6 is 0 Å². The molecule has 3 aliphatic heterocycles. The first-order valence-electron chi connectivity index (χ1n) is 10.2. The normalized spacial score (nSPS) is 23.8. The summed E-state index contributed by atoms with van der Waals surface area (Å²) in [5.74, 6) is 0.869. The van der Waals surface area contributed by atoms with Crippen LogP contribution in [0.5, 0.6) is 0 Å². The Balaban J connectivity index is 1.36. The minimum absolute atomic E-state index is 0.00781. The number of pyridine rings is 1. The fourth-order valence-corrected chi connectivity index (χ4v) is 4.68. The first kappa shape index (κ1) is 18.1. The van der Waals surface area contributed by atoms with Crippen molar-refractivity contribution in [1.82, 2.24) is 9.88 Å². The molecule has 4 heterocycles. The standard InChI is InChI=1S/C22H24N4O3/c27-20(25-10-12-29-13-11-25)16-6-7-19(23-14-16)26-9-3-8-22(15-26)17-4-1-2-5-18(17)24-21(22)28/h1-2,4-7,14H,3,8-13,15H2,(H,24,28). The van der Waals surface area contributed by atoms with Crippen LogP contribution in [0.15, 0.2) is 42.6 Å². The second kappa shape index (κ2) is 7.15. The average molecular weight is 392 g/mol. The van der Waals surface area contributed by atoms with Crippen molar-refractivity contribution < 1.29 is 14.3 Å². The second-order valence-corrected chi connectivity index (χ2v) is 7.92. The Morgan fingerprint density at radius 2 is 1.93 bits per heavy atom. The topological polar surface area (TPSA) is 74.8 Å². The summed E-state index contributed by atoms with van der Waals surface area (Å²) in [6.07, 6.45) is 3.40. The smallest absolute Gasteiger partial charge is 0.255 e. The molecule has 5 rings (SSSR count). The van der Waals surface area contributed by atoms with E-state index in [2.05, 4.69) is 15.2 Å². The predicted molar refractivity (Wildman–Crippen MR) is 109 cm³/mol. The summed E-state index contributed by atoms with van der Waals surface area (Å²) in [5, 5.41) is 3.04. The zero-order valence-corrected chi connectivity index (χ0v) is 16.3. The van der Waals surface area contributed by atoms with Gasteiger partial charge in [-0.2, -0.15) is 0 Å². The summed E-state index contributed by atoms with van der Waals surface area (Å²) in [6.45, 7) is 3.83. The first-order valence-corrected chi connectivity index (χ1v) is 10.2. The van der Waals surface area contributed by atoms with Gasteiger partial charge in [-0.3, -0.25) is 9.59 Å². The largest absolute Gasteiger partial charge is 0.378 e. The van der Waals surface area contributed by atoms with Gasteiger partial charge in [0.15, 0.2) is 0 Å². The fraction of sp³-hybridized carbons (Fsp3) is 0.409. The van der Waals surface area contributed by atoms with E-state index in [9.17, 15) is 9.59 Å². The molecule has 1 N–H and O–H groups in total. The van der Waals surface area contributed by atoms with Crippen molar-refractivity contribution in [3.63, 3.8) is 0 Å². The van der Waals surface area contributed by atoms with Crippen LogP contribution in [0.1, 0.15) is 28.8 Å². The van der Waals surface area contributed by atoms with Gasteiger partial charge in [0.2, 0.25) is 5.91 Å². The molecule has 1 aromatic heterocycles. The van der Waals surface area contributed by atoms with E-state index in [-0.39, 0.29) is 11.8 Å². The van der Waals surface area contributed by atoms with Gasteiger partial charge in [-0.1, -0.05) is 18.2 Å². The third kappa shape index (κ3) is 3.06. The van der Waals surface area contributed by atoms with Crippen LogP contribution in [0, 0.1) is 0 Å². The molecule has 2 saturated heterocycles. The molecular weight excluding hydrogens is 368 g/mol. The van der Waals surface area contributed by atoms with E-state index < -0.39 is 5.41 Å². The molecule has 1 unspecified atom stereocenters. The fourth-order valence-electron chi connectivity index (χ4n) is 4.68. The molecule has 2 fully saturated rings. The molecule has 29 heavy (non-hydrogen) atoms. The minimum Gasteiger partial charge on any atom is -0.378 e. The van der Waals surface area contributed by atoms with Crippen LogP contribution in [0.4, 0.5) is 11.5 Å². The Kier molecular flexibility index (Phi) is 4.47. The molecule has 1 aromatic carbocycles. The van der Waals surface area contributed by atoms with Crippen molar-refractivity contribution in [1.29, 1.82) is 0 Å². The first-order chi connectivity index (χ1) is 14.2. The quantitative estimate of drug-likeness (QED) is 0.847. The third-order valence-electron chi connectivity index (χ3n) is 6.23. The molecular formula is C22H24N4O3. The van der Waals surface area contributed by atoms with Gasteiger partial charge in [-0.05, 0) is 36.6 Å². The van der Waals surface area contributed by atoms with E-state index in [0.717, 1.165) is 36.5 Å². The van der Waals surface area contributed by atoms with Gasteiger partial charge >= 0.3 is 0 Å². The highest BCUT2D eigenvalue weighted by Gasteiger charge is 2.49. The summed E-state index contributed by atoms with van der Waals surface area (Å²) in [5.41, 5.74) is 2.05. The monoisotopic (exact) mass is 392 g/mol. The van der Waals surface area contributed by atoms with E-state index in [0.29, 0.717) is 38.4 Å². The summed E-state index contributed by atoms with van der Waals surface area (Å²) < 4.78 is 5.31. The number of amides is 2. The number of ether oxygens (including phenoxy) is 1. The molecule has 0 bridgehead atoms. The molecule has 7 heteroatoms. The number of fused-ring (bicyclic) bond motifs is 2. The summed E-state index contributed by atoms with van der Waals surface area (Å²) >= 11 is 0. The number of piperidine rings is 1. The van der Waals surface area contributed by atoms with Crippen molar-refractivity contribution in [2.45, 2.75) is 18.3 Å². The van der Waals surface area contributed by atoms with Crippen LogP contribution in [0.3, 0.4) is 0 Å². The van der Waals surface area contributed by atoms with Crippen molar-refractivity contribution in [3.8, 4) is 0 Å². The lowest BCUT2D eigenvalue weighted by Crippen LogP contribution is -2.50. The number of benzene rings is 1. The molecule has 1 spiro atoms. The lowest BCUT2D eigenvalue weighted by molar-refractivity contribution is -0.121. The molecule has 3 aliphatic rings. The summed E-state index contributed by atoms with van der Waals surface area (Å²) in [6, 6.07) is 11.7. The molecule has 2 amide bonds. The SMILES string of the molecule is O=C(c1ccc(N2CCCC3(C2)C(=O)Nc2ccccc23)nc1)N1CCOCC1. The molecule has 0 radical (unpaired) electrons. The van der Waals surface area contributed by atoms with E-state index in [1.165, 1.54) is 0 Å². The number of aromatic nitrogens is 1. The maximum Gasteiger partial charge on any atom is 0.255 e. The number of para-hydroxylation sites is 1. The van der Waals surface area contributed by atoms with Crippen LogP contribution in [-0.2, 0) is 14.9 Å². The lowest BCUT2D eigenvalue weighted by Gasteiger charge is -2.39. The molecule has 150 valence electrons. The van der Waals surface area contributed by atoms with Gasteiger partial charge in [0, 0.05) is 38.1 Å². The Bertz CT molecular complexity index is 939. The van der Waals surface area contributed by atoms with E-state index in [4.69, 9.17) is 4.74 Å². The van der Waals surface area contributed by atoms with Gasteiger partial charge in [0.25, 0.3) is 5.91 Å². The van der Waals surface area contributed by atoms with E-state index in [1.807, 2.05) is 36.4 Å². The summed E-state index contributed by atoms with van der Waals surface area (Å²) in [7, 11) is 0. The van der Waals surface area contributed by atoms with Crippen LogP contribution < -0.4 is 10.2 Å². The molecule has 1 atom stereocenters. The highest BCUT2D eigenvalue weighted by Crippen LogP contribution is 2.44. The van der Waals surface area contributed by atoms with Crippen molar-refractivity contribution >= 4 is 23.3 Å². The molecule has 2 aromatic rings. The zero-order chi connectivity index (χ0) is 19.8. The average Bonchev–Trinajstić information content (AvgIpc) is 3.05. The highest BCUT2D eigenvalue weighted by molar-refractivity contribution is 6.06. The number of nitrogens with one attached hydrogen (secondary N) is 1. The summed E-state index contributed by atoms with van der Waals surface area (Å²) in [4.78, 5) is 34.1. The zero-order valence-electron chi connectivity index (χ0n) is 16.3. The minimum atomic E-state index is -0.529. The van der Waals surface area contributed by atoms with Crippen molar-refractivity contribution in [2.24, 2.45) is 0 Å². The number of nitrogens with zero attached hydrogens (tertiary/aromatic N) is 3. The van der Waals surface area contributed by atoms with Gasteiger partial charge < -0.3 is 19.9 Å². The van der Waals surface area contributed by atoms with Crippen LogP contribution in [0.25, 0.3) is 0 Å². The molecule has 7 nitrogen and oxygen atoms in total. The van der Waals surface area contributed by atoms with Crippen molar-refractivity contribution in [3.05, 3.63) is 53.7 Å². The van der Waals surface area contributed by atoms with Gasteiger partial charge in [0.05, 0.1) is 24.2 Å². The van der Waals surface area contributed by atoms with Crippen LogP contribution in [0.2, 0.25) is 0 Å². The second-order valence-electron chi connectivity index (χ2n) is 7.92. The third-order valence-corrected chi connectivity index (χ3v) is 6.23. The molecule has 0 saturated carbocycles. The maximum atomic E-state index is 12.9. The maximum absolute atomic E-state index is 12.9. The van der Waals surface area contributed by atoms with E-state index >= 15 is 0 Å². The Hall–Kier alpha value is -2.93. The number of morpholine rings is 1. The van der Waals surface area contributed by atoms with Gasteiger partial charge in [-0.15, -0.1) is 0 Å². The number of anilines is 2. The van der Waals surface area contributed by atoms with E-state index in [1.54, 1.807) is 11.1 Å². The Morgan fingerprint density at radius 3 is 2.72 bits per heavy atom. The lowest BCUT2D eigenvalue weighted by atomic mass is 9.75. The number of hydrogen-bond acceptors (Lipinski definition) is 5. The number of hydrogen-bond donors (Lipinski definition) is 1. The number of rotatable bonds is 2. The number of carbonyl (C=O) groups excluding carboxylic acids is 2. The Morgan fingerprint density at radius 1 is 1.10 bits per heavy atom. The van der Waals surface area contributed by atoms with Gasteiger partial charge in [0.1, 0.15) is 5.82 Å². The van der Waals surface area contributed by atoms with Crippen molar-refractivity contribution in [2.75, 3.05) is 49.6 Å². The highest BCUT2D eigenvalue weighted by atomic mass is 16.5. The Labute approximate surface area is 169 Å². The number of carbonyl (C=O) groups is 2.